The van der Waals surface area contributed by atoms with E-state index in [1.807, 2.05) is 20.8 Å². The van der Waals surface area contributed by atoms with Crippen molar-refractivity contribution in [2.75, 3.05) is 5.32 Å². The largest absolute Gasteiger partial charge is 0.319 e. The van der Waals surface area contributed by atoms with Crippen LogP contribution in [0.3, 0.4) is 0 Å². The molecule has 0 spiro atoms. The standard InChI is InChI=1S/C9H15N3OS.ClH/c1-9(2,3)6(10)7(13)12-8-11-4-5-14-8;/h4-6H,10H2,1-3H3,(H,11,12,13);1H/t6-;/m1./s1. The van der Waals surface area contributed by atoms with Gasteiger partial charge in [0.1, 0.15) is 0 Å². The zero-order valence-electron chi connectivity index (χ0n) is 8.98. The van der Waals surface area contributed by atoms with E-state index in [-0.39, 0.29) is 23.7 Å². The van der Waals surface area contributed by atoms with Gasteiger partial charge in [0.05, 0.1) is 6.04 Å². The summed E-state index contributed by atoms with van der Waals surface area (Å²) in [6, 6.07) is -0.522. The highest BCUT2D eigenvalue weighted by molar-refractivity contribution is 7.13. The third-order valence-corrected chi connectivity index (χ3v) is 2.57. The summed E-state index contributed by atoms with van der Waals surface area (Å²) >= 11 is 1.38. The summed E-state index contributed by atoms with van der Waals surface area (Å²) in [6.45, 7) is 5.79. The molecule has 0 radical (unpaired) electrons. The molecule has 0 fully saturated rings. The highest BCUT2D eigenvalue weighted by Crippen LogP contribution is 2.19. The average Bonchev–Trinajstić information content (AvgIpc) is 2.53. The zero-order valence-corrected chi connectivity index (χ0v) is 10.6. The van der Waals surface area contributed by atoms with E-state index in [0.29, 0.717) is 5.13 Å². The molecule has 1 amide bonds. The van der Waals surface area contributed by atoms with Crippen LogP contribution in [0.2, 0.25) is 0 Å². The molecule has 1 aromatic heterocycles. The minimum absolute atomic E-state index is 0. The number of aromatic nitrogens is 1. The van der Waals surface area contributed by atoms with Crippen molar-refractivity contribution in [2.24, 2.45) is 11.1 Å². The summed E-state index contributed by atoms with van der Waals surface area (Å²) < 4.78 is 0. The summed E-state index contributed by atoms with van der Waals surface area (Å²) in [6.07, 6.45) is 1.64. The van der Waals surface area contributed by atoms with Crippen molar-refractivity contribution < 1.29 is 4.79 Å². The third-order valence-electron chi connectivity index (χ3n) is 1.88. The minimum atomic E-state index is -0.522. The zero-order chi connectivity index (χ0) is 10.8. The molecule has 15 heavy (non-hydrogen) atoms. The third kappa shape index (κ3) is 4.15. The van der Waals surface area contributed by atoms with Crippen molar-refractivity contribution in [3.8, 4) is 0 Å². The van der Waals surface area contributed by atoms with Crippen LogP contribution in [-0.2, 0) is 4.79 Å². The molecule has 6 heteroatoms. The first kappa shape index (κ1) is 14.3. The van der Waals surface area contributed by atoms with Crippen LogP contribution in [0, 0.1) is 5.41 Å². The highest BCUT2D eigenvalue weighted by Gasteiger charge is 2.27. The van der Waals surface area contributed by atoms with E-state index < -0.39 is 6.04 Å². The first-order valence-corrected chi connectivity index (χ1v) is 5.25. The van der Waals surface area contributed by atoms with E-state index in [2.05, 4.69) is 10.3 Å². The Labute approximate surface area is 99.7 Å². The fourth-order valence-electron chi connectivity index (χ4n) is 0.862. The Morgan fingerprint density at radius 1 is 1.60 bits per heavy atom. The Bertz CT molecular complexity index is 308. The normalized spacial score (nSPS) is 12.8. The number of nitrogens with zero attached hydrogens (tertiary/aromatic N) is 1. The monoisotopic (exact) mass is 249 g/mol. The molecular formula is C9H16ClN3OS. The van der Waals surface area contributed by atoms with Crippen molar-refractivity contribution in [3.05, 3.63) is 11.6 Å². The van der Waals surface area contributed by atoms with Crippen molar-refractivity contribution in [1.29, 1.82) is 0 Å². The van der Waals surface area contributed by atoms with Gasteiger partial charge in [0.25, 0.3) is 0 Å². The number of hydrogen-bond donors (Lipinski definition) is 2. The number of halogens is 1. The van der Waals surface area contributed by atoms with E-state index in [1.54, 1.807) is 11.6 Å². The van der Waals surface area contributed by atoms with Gasteiger partial charge in [-0.15, -0.1) is 23.7 Å². The lowest BCUT2D eigenvalue weighted by Crippen LogP contribution is -2.45. The van der Waals surface area contributed by atoms with Gasteiger partial charge in [-0.2, -0.15) is 0 Å². The summed E-state index contributed by atoms with van der Waals surface area (Å²) in [4.78, 5) is 15.5. The van der Waals surface area contributed by atoms with E-state index in [4.69, 9.17) is 5.73 Å². The van der Waals surface area contributed by atoms with Crippen molar-refractivity contribution in [3.63, 3.8) is 0 Å². The molecule has 1 heterocycles. The molecule has 1 aromatic rings. The summed E-state index contributed by atoms with van der Waals surface area (Å²) in [7, 11) is 0. The maximum atomic E-state index is 11.6. The van der Waals surface area contributed by atoms with Gasteiger partial charge in [-0.1, -0.05) is 20.8 Å². The number of rotatable bonds is 2. The quantitative estimate of drug-likeness (QED) is 0.841. The maximum absolute atomic E-state index is 11.6. The molecular weight excluding hydrogens is 234 g/mol. The second kappa shape index (κ2) is 5.44. The number of nitrogens with one attached hydrogen (secondary N) is 1. The van der Waals surface area contributed by atoms with Crippen LogP contribution in [0.25, 0.3) is 0 Å². The SMILES string of the molecule is CC(C)(C)[C@H](N)C(=O)Nc1nccs1.Cl. The maximum Gasteiger partial charge on any atom is 0.243 e. The molecule has 1 atom stereocenters. The Morgan fingerprint density at radius 2 is 2.20 bits per heavy atom. The Morgan fingerprint density at radius 3 is 2.60 bits per heavy atom. The molecule has 0 bridgehead atoms. The van der Waals surface area contributed by atoms with Crippen LogP contribution >= 0.6 is 23.7 Å². The molecule has 3 N–H and O–H groups in total. The Balaban J connectivity index is 0.00000196. The minimum Gasteiger partial charge on any atom is -0.319 e. The van der Waals surface area contributed by atoms with E-state index in [9.17, 15) is 4.79 Å². The van der Waals surface area contributed by atoms with Crippen LogP contribution in [0.1, 0.15) is 20.8 Å². The van der Waals surface area contributed by atoms with E-state index >= 15 is 0 Å². The molecule has 86 valence electrons. The second-order valence-electron chi connectivity index (χ2n) is 4.17. The molecule has 0 aromatic carbocycles. The predicted octanol–water partition coefficient (Wildman–Crippen LogP) is 1.88. The van der Waals surface area contributed by atoms with Gasteiger partial charge in [0, 0.05) is 11.6 Å². The summed E-state index contributed by atoms with van der Waals surface area (Å²) in [5.74, 6) is -0.188. The van der Waals surface area contributed by atoms with Gasteiger partial charge in [-0.3, -0.25) is 4.79 Å². The lowest BCUT2D eigenvalue weighted by atomic mass is 9.87. The number of anilines is 1. The Hall–Kier alpha value is -0.650. The lowest BCUT2D eigenvalue weighted by Gasteiger charge is -2.25. The van der Waals surface area contributed by atoms with Gasteiger partial charge in [-0.25, -0.2) is 4.98 Å². The first-order valence-electron chi connectivity index (χ1n) is 4.37. The topological polar surface area (TPSA) is 68.0 Å². The molecule has 0 unspecified atom stereocenters. The molecule has 0 aliphatic heterocycles. The van der Waals surface area contributed by atoms with Crippen LogP contribution in [0.4, 0.5) is 5.13 Å². The number of carbonyl (C=O) groups excluding carboxylic acids is 1. The highest BCUT2D eigenvalue weighted by atomic mass is 35.5. The fraction of sp³-hybridized carbons (Fsp3) is 0.556. The molecule has 0 aliphatic carbocycles. The average molecular weight is 250 g/mol. The summed E-state index contributed by atoms with van der Waals surface area (Å²) in [5.41, 5.74) is 5.54. The van der Waals surface area contributed by atoms with Crippen LogP contribution in [0.5, 0.6) is 0 Å². The van der Waals surface area contributed by atoms with Crippen LogP contribution in [-0.4, -0.2) is 16.9 Å². The van der Waals surface area contributed by atoms with Gasteiger partial charge in [0.15, 0.2) is 5.13 Å². The number of amides is 1. The van der Waals surface area contributed by atoms with Crippen LogP contribution in [0.15, 0.2) is 11.6 Å². The lowest BCUT2D eigenvalue weighted by molar-refractivity contribution is -0.119. The smallest absolute Gasteiger partial charge is 0.243 e. The molecule has 4 nitrogen and oxygen atoms in total. The van der Waals surface area contributed by atoms with Gasteiger partial charge in [-0.05, 0) is 5.41 Å². The first-order chi connectivity index (χ1) is 6.41. The van der Waals surface area contributed by atoms with Crippen LogP contribution < -0.4 is 11.1 Å². The predicted molar refractivity (Wildman–Crippen MR) is 65.4 cm³/mol. The molecule has 0 saturated heterocycles. The van der Waals surface area contributed by atoms with E-state index in [1.165, 1.54) is 11.3 Å². The van der Waals surface area contributed by atoms with Gasteiger partial charge < -0.3 is 11.1 Å². The van der Waals surface area contributed by atoms with Crippen molar-refractivity contribution >= 4 is 34.8 Å². The fourth-order valence-corrected chi connectivity index (χ4v) is 1.39. The molecule has 0 aliphatic rings. The summed E-state index contributed by atoms with van der Waals surface area (Å²) in [5, 5.41) is 5.07. The van der Waals surface area contributed by atoms with Gasteiger partial charge in [0.2, 0.25) is 5.91 Å². The van der Waals surface area contributed by atoms with Gasteiger partial charge >= 0.3 is 0 Å². The number of hydrogen-bond acceptors (Lipinski definition) is 4. The second-order valence-corrected chi connectivity index (χ2v) is 5.06. The number of thiazole rings is 1. The molecule has 1 rings (SSSR count). The van der Waals surface area contributed by atoms with Crippen molar-refractivity contribution in [1.82, 2.24) is 4.98 Å². The number of nitrogens with two attached hydrogens (primary N) is 1. The van der Waals surface area contributed by atoms with E-state index in [0.717, 1.165) is 0 Å². The molecule has 0 saturated carbocycles. The Kier molecular flexibility index (Phi) is 5.20. The van der Waals surface area contributed by atoms with Crippen molar-refractivity contribution in [2.45, 2.75) is 26.8 Å². The number of carbonyl (C=O) groups is 1.